The Labute approximate surface area is 96.7 Å². The zero-order valence-corrected chi connectivity index (χ0v) is 9.15. The second kappa shape index (κ2) is 4.72. The van der Waals surface area contributed by atoms with Crippen LogP contribution < -0.4 is 0 Å². The molecule has 2 rings (SSSR count). The van der Waals surface area contributed by atoms with Gasteiger partial charge in [-0.2, -0.15) is 0 Å². The van der Waals surface area contributed by atoms with Gasteiger partial charge in [0.1, 0.15) is 0 Å². The number of hydrogen-bond donors (Lipinski definition) is 1. The Morgan fingerprint density at radius 1 is 1.38 bits per heavy atom. The van der Waals surface area contributed by atoms with E-state index < -0.39 is 5.97 Å². The maximum atomic E-state index is 11.1. The van der Waals surface area contributed by atoms with E-state index in [0.717, 1.165) is 10.4 Å². The summed E-state index contributed by atoms with van der Waals surface area (Å²) < 4.78 is 0. The molecule has 0 atom stereocenters. The minimum atomic E-state index is -0.925. The van der Waals surface area contributed by atoms with Crippen molar-refractivity contribution in [2.24, 2.45) is 0 Å². The molecule has 0 aliphatic carbocycles. The van der Waals surface area contributed by atoms with Gasteiger partial charge in [0.05, 0.1) is 5.57 Å². The minimum absolute atomic E-state index is 0.294. The van der Waals surface area contributed by atoms with E-state index in [4.69, 9.17) is 5.11 Å². The average molecular weight is 231 g/mol. The molecule has 4 heteroatoms. The molecule has 0 fully saturated rings. The normalized spacial score (nSPS) is 11.4. The summed E-state index contributed by atoms with van der Waals surface area (Å²) in [7, 11) is 0. The third kappa shape index (κ3) is 2.35. The van der Waals surface area contributed by atoms with E-state index in [2.05, 4.69) is 4.98 Å². The Morgan fingerprint density at radius 2 is 2.25 bits per heavy atom. The van der Waals surface area contributed by atoms with Crippen LogP contribution in [0.1, 0.15) is 10.4 Å². The Bertz CT molecular complexity index is 503. The van der Waals surface area contributed by atoms with Crippen molar-refractivity contribution in [3.8, 4) is 0 Å². The molecule has 0 amide bonds. The fourth-order valence-corrected chi connectivity index (χ4v) is 2.03. The van der Waals surface area contributed by atoms with Gasteiger partial charge in [0.15, 0.2) is 0 Å². The Morgan fingerprint density at radius 3 is 2.81 bits per heavy atom. The average Bonchev–Trinajstić information content (AvgIpc) is 2.80. The van der Waals surface area contributed by atoms with E-state index in [1.54, 1.807) is 30.6 Å². The number of nitrogens with zero attached hydrogens (tertiary/aromatic N) is 1. The first kappa shape index (κ1) is 10.6. The van der Waals surface area contributed by atoms with Crippen molar-refractivity contribution in [3.63, 3.8) is 0 Å². The lowest BCUT2D eigenvalue weighted by molar-refractivity contribution is -0.130. The quantitative estimate of drug-likeness (QED) is 0.826. The highest BCUT2D eigenvalue weighted by molar-refractivity contribution is 7.11. The SMILES string of the molecule is O=C(O)/C(=C/c1cccnc1)c1cccs1. The predicted octanol–water partition coefficient (Wildman–Crippen LogP) is 2.77. The smallest absolute Gasteiger partial charge is 0.337 e. The van der Waals surface area contributed by atoms with Crippen molar-refractivity contribution in [1.29, 1.82) is 0 Å². The number of thiophene rings is 1. The largest absolute Gasteiger partial charge is 0.478 e. The van der Waals surface area contributed by atoms with Gasteiger partial charge in [-0.15, -0.1) is 11.3 Å². The molecule has 2 heterocycles. The summed E-state index contributed by atoms with van der Waals surface area (Å²) in [5, 5.41) is 11.0. The van der Waals surface area contributed by atoms with Crippen LogP contribution in [0, 0.1) is 0 Å². The van der Waals surface area contributed by atoms with Crippen molar-refractivity contribution < 1.29 is 9.90 Å². The second-order valence-electron chi connectivity index (χ2n) is 3.13. The van der Waals surface area contributed by atoms with Gasteiger partial charge in [-0.25, -0.2) is 4.79 Å². The zero-order chi connectivity index (χ0) is 11.4. The van der Waals surface area contributed by atoms with E-state index in [1.807, 2.05) is 17.5 Å². The molecule has 0 aromatic carbocycles. The van der Waals surface area contributed by atoms with Gasteiger partial charge in [0, 0.05) is 17.3 Å². The lowest BCUT2D eigenvalue weighted by Gasteiger charge is -1.98. The summed E-state index contributed by atoms with van der Waals surface area (Å²) in [6.07, 6.45) is 4.92. The van der Waals surface area contributed by atoms with Crippen molar-refractivity contribution in [3.05, 3.63) is 52.5 Å². The molecule has 3 nitrogen and oxygen atoms in total. The highest BCUT2D eigenvalue weighted by Gasteiger charge is 2.10. The van der Waals surface area contributed by atoms with E-state index >= 15 is 0 Å². The molecule has 0 saturated heterocycles. The third-order valence-corrected chi connectivity index (χ3v) is 2.92. The van der Waals surface area contributed by atoms with Gasteiger partial charge in [-0.1, -0.05) is 12.1 Å². The van der Waals surface area contributed by atoms with Crippen LogP contribution in [0.3, 0.4) is 0 Å². The van der Waals surface area contributed by atoms with Crippen LogP contribution in [0.25, 0.3) is 11.6 Å². The number of carbonyl (C=O) groups is 1. The number of hydrogen-bond acceptors (Lipinski definition) is 3. The summed E-state index contributed by atoms with van der Waals surface area (Å²) in [5.74, 6) is -0.925. The first-order chi connectivity index (χ1) is 7.77. The number of carboxylic acids is 1. The molecule has 1 N–H and O–H groups in total. The number of aromatic nitrogens is 1. The highest BCUT2D eigenvalue weighted by atomic mass is 32.1. The molecule has 2 aromatic heterocycles. The number of rotatable bonds is 3. The first-order valence-corrected chi connectivity index (χ1v) is 5.54. The van der Waals surface area contributed by atoms with Gasteiger partial charge < -0.3 is 5.11 Å². The molecule has 0 aliphatic rings. The lowest BCUT2D eigenvalue weighted by Crippen LogP contribution is -1.97. The molecule has 0 unspecified atom stereocenters. The van der Waals surface area contributed by atoms with Gasteiger partial charge in [-0.05, 0) is 29.2 Å². The first-order valence-electron chi connectivity index (χ1n) is 4.66. The molecule has 16 heavy (non-hydrogen) atoms. The summed E-state index contributed by atoms with van der Waals surface area (Å²) in [6, 6.07) is 7.23. The standard InChI is InChI=1S/C12H9NO2S/c14-12(15)10(11-4-2-6-16-11)7-9-3-1-5-13-8-9/h1-8H,(H,14,15)/b10-7+. The highest BCUT2D eigenvalue weighted by Crippen LogP contribution is 2.22. The van der Waals surface area contributed by atoms with Crippen molar-refractivity contribution in [2.75, 3.05) is 0 Å². The van der Waals surface area contributed by atoms with Crippen molar-refractivity contribution >= 4 is 29.0 Å². The van der Waals surface area contributed by atoms with Crippen LogP contribution >= 0.6 is 11.3 Å². The second-order valence-corrected chi connectivity index (χ2v) is 4.07. The number of carboxylic acid groups (broad SMARTS) is 1. The Balaban J connectivity index is 2.42. The fraction of sp³-hybridized carbons (Fsp3) is 0. The summed E-state index contributed by atoms with van der Waals surface area (Å²) >= 11 is 1.41. The molecule has 0 radical (unpaired) electrons. The molecule has 80 valence electrons. The summed E-state index contributed by atoms with van der Waals surface area (Å²) in [6.45, 7) is 0. The maximum absolute atomic E-state index is 11.1. The van der Waals surface area contributed by atoms with Gasteiger partial charge in [0.25, 0.3) is 0 Å². The third-order valence-electron chi connectivity index (χ3n) is 2.01. The van der Waals surface area contributed by atoms with E-state index in [0.29, 0.717) is 5.57 Å². The fourth-order valence-electron chi connectivity index (χ4n) is 1.30. The predicted molar refractivity (Wildman–Crippen MR) is 64.1 cm³/mol. The van der Waals surface area contributed by atoms with Crippen LogP contribution in [-0.4, -0.2) is 16.1 Å². The van der Waals surface area contributed by atoms with Crippen molar-refractivity contribution in [1.82, 2.24) is 4.98 Å². The molecule has 0 bridgehead atoms. The Kier molecular flexibility index (Phi) is 3.12. The van der Waals surface area contributed by atoms with Crippen LogP contribution in [0.15, 0.2) is 42.0 Å². The van der Waals surface area contributed by atoms with Crippen LogP contribution in [0.4, 0.5) is 0 Å². The minimum Gasteiger partial charge on any atom is -0.478 e. The molecule has 0 saturated carbocycles. The van der Waals surface area contributed by atoms with E-state index in [-0.39, 0.29) is 0 Å². The molecular formula is C12H9NO2S. The molecule has 2 aromatic rings. The molecular weight excluding hydrogens is 222 g/mol. The lowest BCUT2D eigenvalue weighted by atomic mass is 10.1. The number of pyridine rings is 1. The summed E-state index contributed by atoms with van der Waals surface area (Å²) in [4.78, 5) is 15.8. The molecule has 0 spiro atoms. The van der Waals surface area contributed by atoms with Crippen LogP contribution in [-0.2, 0) is 4.79 Å². The summed E-state index contributed by atoms with van der Waals surface area (Å²) in [5.41, 5.74) is 1.08. The van der Waals surface area contributed by atoms with E-state index in [9.17, 15) is 4.79 Å². The number of aliphatic carboxylic acids is 1. The topological polar surface area (TPSA) is 50.2 Å². The van der Waals surface area contributed by atoms with Crippen LogP contribution in [0.5, 0.6) is 0 Å². The van der Waals surface area contributed by atoms with Gasteiger partial charge in [0.2, 0.25) is 0 Å². The Hall–Kier alpha value is -1.94. The maximum Gasteiger partial charge on any atom is 0.337 e. The molecule has 0 aliphatic heterocycles. The van der Waals surface area contributed by atoms with Gasteiger partial charge >= 0.3 is 5.97 Å². The monoisotopic (exact) mass is 231 g/mol. The van der Waals surface area contributed by atoms with Crippen molar-refractivity contribution in [2.45, 2.75) is 0 Å². The van der Waals surface area contributed by atoms with E-state index in [1.165, 1.54) is 11.3 Å². The van der Waals surface area contributed by atoms with Gasteiger partial charge in [-0.3, -0.25) is 4.98 Å². The van der Waals surface area contributed by atoms with Crippen LogP contribution in [0.2, 0.25) is 0 Å². The zero-order valence-electron chi connectivity index (χ0n) is 8.33.